The number of halogens is 1. The monoisotopic (exact) mass is 258 g/mol. The molecule has 3 rings (SSSR count). The number of hydrogen-bond donors (Lipinski definition) is 1. The molecule has 1 atom stereocenters. The van der Waals surface area contributed by atoms with Crippen molar-refractivity contribution in [3.63, 3.8) is 0 Å². The van der Waals surface area contributed by atoms with Crippen molar-refractivity contribution in [1.29, 1.82) is 0 Å². The quantitative estimate of drug-likeness (QED) is 0.853. The molecule has 1 unspecified atom stereocenters. The lowest BCUT2D eigenvalue weighted by molar-refractivity contribution is 0.0686. The van der Waals surface area contributed by atoms with Gasteiger partial charge in [-0.1, -0.05) is 48.0 Å². The summed E-state index contributed by atoms with van der Waals surface area (Å²) in [7, 11) is 0. The molecule has 0 aliphatic heterocycles. The minimum absolute atomic E-state index is 0.0250. The van der Waals surface area contributed by atoms with E-state index in [4.69, 9.17) is 11.6 Å². The third-order valence-corrected chi connectivity index (χ3v) is 3.66. The number of benzene rings is 2. The molecule has 18 heavy (non-hydrogen) atoms. The van der Waals surface area contributed by atoms with Gasteiger partial charge in [-0.15, -0.1) is 0 Å². The topological polar surface area (TPSA) is 37.3 Å². The minimum atomic E-state index is -1.22. The third kappa shape index (κ3) is 1.57. The molecule has 0 bridgehead atoms. The largest absolute Gasteiger partial charge is 0.380 e. The Hall–Kier alpha value is -1.64. The second-order valence-electron chi connectivity index (χ2n) is 4.51. The SMILES string of the molecule is O=C1CC(O)(c2ccc(Cl)cc2)c2ccccc21. The summed E-state index contributed by atoms with van der Waals surface area (Å²) in [5.74, 6) is -0.0250. The van der Waals surface area contributed by atoms with Crippen molar-refractivity contribution >= 4 is 17.4 Å². The Labute approximate surface area is 110 Å². The van der Waals surface area contributed by atoms with Gasteiger partial charge < -0.3 is 5.11 Å². The molecule has 0 fully saturated rings. The second-order valence-corrected chi connectivity index (χ2v) is 4.95. The first kappa shape index (κ1) is 11.5. The van der Waals surface area contributed by atoms with Gasteiger partial charge in [-0.25, -0.2) is 0 Å². The van der Waals surface area contributed by atoms with E-state index in [0.717, 1.165) is 0 Å². The summed E-state index contributed by atoms with van der Waals surface area (Å²) < 4.78 is 0. The molecule has 3 heteroatoms. The van der Waals surface area contributed by atoms with Crippen LogP contribution >= 0.6 is 11.6 Å². The first-order valence-electron chi connectivity index (χ1n) is 5.72. The van der Waals surface area contributed by atoms with Crippen LogP contribution in [0.5, 0.6) is 0 Å². The molecule has 0 radical (unpaired) electrons. The van der Waals surface area contributed by atoms with E-state index in [9.17, 15) is 9.90 Å². The molecular formula is C15H11ClO2. The molecule has 0 saturated carbocycles. The number of rotatable bonds is 1. The summed E-state index contributed by atoms with van der Waals surface area (Å²) in [4.78, 5) is 11.9. The number of hydrogen-bond acceptors (Lipinski definition) is 2. The number of fused-ring (bicyclic) bond motifs is 1. The lowest BCUT2D eigenvalue weighted by Crippen LogP contribution is -2.24. The molecule has 0 amide bonds. The summed E-state index contributed by atoms with van der Waals surface area (Å²) in [6.07, 6.45) is 0.0912. The highest BCUT2D eigenvalue weighted by Gasteiger charge is 2.42. The van der Waals surface area contributed by atoms with Crippen LogP contribution in [-0.4, -0.2) is 10.9 Å². The van der Waals surface area contributed by atoms with Gasteiger partial charge in [0.1, 0.15) is 5.60 Å². The smallest absolute Gasteiger partial charge is 0.166 e. The van der Waals surface area contributed by atoms with Crippen molar-refractivity contribution in [2.45, 2.75) is 12.0 Å². The van der Waals surface area contributed by atoms with Crippen molar-refractivity contribution in [2.75, 3.05) is 0 Å². The predicted molar refractivity (Wildman–Crippen MR) is 69.8 cm³/mol. The number of carbonyl (C=O) groups excluding carboxylic acids is 1. The third-order valence-electron chi connectivity index (χ3n) is 3.41. The van der Waals surface area contributed by atoms with Gasteiger partial charge in [-0.05, 0) is 23.3 Å². The Morgan fingerprint density at radius 1 is 1.06 bits per heavy atom. The number of aliphatic hydroxyl groups is 1. The van der Waals surface area contributed by atoms with Gasteiger partial charge in [-0.3, -0.25) is 4.79 Å². The molecule has 0 saturated heterocycles. The second kappa shape index (κ2) is 3.94. The van der Waals surface area contributed by atoms with Crippen LogP contribution in [0, 0.1) is 0 Å². The summed E-state index contributed by atoms with van der Waals surface area (Å²) in [6, 6.07) is 14.2. The van der Waals surface area contributed by atoms with E-state index >= 15 is 0 Å². The first-order chi connectivity index (χ1) is 8.61. The van der Waals surface area contributed by atoms with Crippen molar-refractivity contribution in [3.05, 3.63) is 70.2 Å². The van der Waals surface area contributed by atoms with Crippen LogP contribution < -0.4 is 0 Å². The maximum absolute atomic E-state index is 11.9. The van der Waals surface area contributed by atoms with Gasteiger partial charge in [0.2, 0.25) is 0 Å². The zero-order valence-electron chi connectivity index (χ0n) is 9.56. The summed E-state index contributed by atoms with van der Waals surface area (Å²) in [5.41, 5.74) is 0.760. The molecule has 2 aromatic rings. The highest BCUT2D eigenvalue weighted by molar-refractivity contribution is 6.30. The van der Waals surface area contributed by atoms with E-state index in [0.29, 0.717) is 21.7 Å². The van der Waals surface area contributed by atoms with Crippen LogP contribution in [0.1, 0.15) is 27.9 Å². The highest BCUT2D eigenvalue weighted by Crippen LogP contribution is 2.41. The van der Waals surface area contributed by atoms with E-state index in [1.165, 1.54) is 0 Å². The summed E-state index contributed by atoms with van der Waals surface area (Å²) in [5, 5.41) is 11.4. The van der Waals surface area contributed by atoms with Crippen molar-refractivity contribution < 1.29 is 9.90 Å². The molecule has 90 valence electrons. The number of ketones is 1. The fourth-order valence-electron chi connectivity index (χ4n) is 2.49. The van der Waals surface area contributed by atoms with E-state index in [1.54, 1.807) is 36.4 Å². The highest BCUT2D eigenvalue weighted by atomic mass is 35.5. The maximum atomic E-state index is 11.9. The Bertz CT molecular complexity index is 619. The Kier molecular flexibility index (Phi) is 2.51. The Morgan fingerprint density at radius 3 is 2.44 bits per heavy atom. The van der Waals surface area contributed by atoms with Gasteiger partial charge in [0.05, 0.1) is 0 Å². The van der Waals surface area contributed by atoms with Gasteiger partial charge in [-0.2, -0.15) is 0 Å². The molecule has 1 N–H and O–H groups in total. The van der Waals surface area contributed by atoms with Gasteiger partial charge >= 0.3 is 0 Å². The van der Waals surface area contributed by atoms with Crippen LogP contribution in [0.3, 0.4) is 0 Å². The van der Waals surface area contributed by atoms with Crippen molar-refractivity contribution in [3.8, 4) is 0 Å². The normalized spacial score (nSPS) is 22.0. The van der Waals surface area contributed by atoms with Crippen LogP contribution in [0.2, 0.25) is 5.02 Å². The van der Waals surface area contributed by atoms with Gasteiger partial charge in [0.15, 0.2) is 5.78 Å². The molecule has 1 aliphatic rings. The lowest BCUT2D eigenvalue weighted by atomic mass is 9.88. The Balaban J connectivity index is 2.17. The van der Waals surface area contributed by atoms with E-state index in [-0.39, 0.29) is 12.2 Å². The number of carbonyl (C=O) groups is 1. The maximum Gasteiger partial charge on any atom is 0.166 e. The van der Waals surface area contributed by atoms with E-state index < -0.39 is 5.60 Å². The molecule has 0 aromatic heterocycles. The van der Waals surface area contributed by atoms with Crippen LogP contribution in [-0.2, 0) is 5.60 Å². The molecule has 1 aliphatic carbocycles. The molecule has 0 heterocycles. The minimum Gasteiger partial charge on any atom is -0.380 e. The predicted octanol–water partition coefficient (Wildman–Crippen LogP) is 3.16. The summed E-state index contributed by atoms with van der Waals surface area (Å²) >= 11 is 5.84. The first-order valence-corrected chi connectivity index (χ1v) is 6.10. The van der Waals surface area contributed by atoms with E-state index in [2.05, 4.69) is 0 Å². The zero-order chi connectivity index (χ0) is 12.8. The molecule has 2 nitrogen and oxygen atoms in total. The average Bonchev–Trinajstić information content (AvgIpc) is 2.64. The van der Waals surface area contributed by atoms with Crippen LogP contribution in [0.4, 0.5) is 0 Å². The fraction of sp³-hybridized carbons (Fsp3) is 0.133. The molecule has 2 aromatic carbocycles. The molecular weight excluding hydrogens is 248 g/mol. The van der Waals surface area contributed by atoms with Gasteiger partial charge in [0, 0.05) is 17.0 Å². The van der Waals surface area contributed by atoms with E-state index in [1.807, 2.05) is 12.1 Å². The van der Waals surface area contributed by atoms with Gasteiger partial charge in [0.25, 0.3) is 0 Å². The van der Waals surface area contributed by atoms with Crippen LogP contribution in [0.25, 0.3) is 0 Å². The van der Waals surface area contributed by atoms with Crippen molar-refractivity contribution in [1.82, 2.24) is 0 Å². The molecule has 0 spiro atoms. The summed E-state index contributed by atoms with van der Waals surface area (Å²) in [6.45, 7) is 0. The Morgan fingerprint density at radius 2 is 1.72 bits per heavy atom. The number of Topliss-reactive ketones (excluding diaryl/α,β-unsaturated/α-hetero) is 1. The van der Waals surface area contributed by atoms with Crippen molar-refractivity contribution in [2.24, 2.45) is 0 Å². The standard InChI is InChI=1S/C15H11ClO2/c16-11-7-5-10(6-8-11)15(18)9-14(17)12-3-1-2-4-13(12)15/h1-8,18H,9H2. The zero-order valence-corrected chi connectivity index (χ0v) is 10.3. The fourth-order valence-corrected chi connectivity index (χ4v) is 2.62. The van der Waals surface area contributed by atoms with Crippen LogP contribution in [0.15, 0.2) is 48.5 Å². The average molecular weight is 259 g/mol. The lowest BCUT2D eigenvalue weighted by Gasteiger charge is -2.23.